The summed E-state index contributed by atoms with van der Waals surface area (Å²) in [5, 5.41) is 13.3. The molecule has 1 aromatic rings. The number of hydrogen-bond acceptors (Lipinski definition) is 3. The van der Waals surface area contributed by atoms with Crippen LogP contribution < -0.4 is 5.32 Å². The molecule has 0 unspecified atom stereocenters. The zero-order valence-electron chi connectivity index (χ0n) is 10.8. The van der Waals surface area contributed by atoms with Crippen LogP contribution in [0.1, 0.15) is 5.56 Å². The van der Waals surface area contributed by atoms with Gasteiger partial charge >= 0.3 is 6.03 Å². The number of nitrogens with one attached hydrogen (secondary N) is 1. The van der Waals surface area contributed by atoms with Crippen LogP contribution in [0.3, 0.4) is 0 Å². The van der Waals surface area contributed by atoms with Crippen molar-refractivity contribution in [3.05, 3.63) is 52.6 Å². The van der Waals surface area contributed by atoms with E-state index in [4.69, 9.17) is 0 Å². The largest absolute Gasteiger partial charge is 0.338 e. The van der Waals surface area contributed by atoms with Gasteiger partial charge in [0.25, 0.3) is 5.69 Å². The molecule has 1 N–H and O–H groups in total. The highest BCUT2D eigenvalue weighted by Crippen LogP contribution is 2.13. The van der Waals surface area contributed by atoms with Gasteiger partial charge in [-0.05, 0) is 12.0 Å². The predicted octanol–water partition coefficient (Wildman–Crippen LogP) is 1.96. The Labute approximate surface area is 111 Å². The molecule has 0 heterocycles. The first kappa shape index (κ1) is 14.7. The van der Waals surface area contributed by atoms with Crippen LogP contribution in [0.2, 0.25) is 0 Å². The van der Waals surface area contributed by atoms with Gasteiger partial charge < -0.3 is 10.2 Å². The number of rotatable bonds is 6. The summed E-state index contributed by atoms with van der Waals surface area (Å²) in [4.78, 5) is 23.2. The summed E-state index contributed by atoms with van der Waals surface area (Å²) >= 11 is 0. The van der Waals surface area contributed by atoms with Gasteiger partial charge in [0.2, 0.25) is 0 Å². The fraction of sp³-hybridized carbons (Fsp3) is 0.308. The van der Waals surface area contributed by atoms with Crippen molar-refractivity contribution in [3.63, 3.8) is 0 Å². The van der Waals surface area contributed by atoms with Gasteiger partial charge in [-0.2, -0.15) is 0 Å². The number of nitro benzene ring substituents is 1. The molecule has 0 spiro atoms. The van der Waals surface area contributed by atoms with Gasteiger partial charge in [-0.1, -0.05) is 18.2 Å². The highest BCUT2D eigenvalue weighted by Gasteiger charge is 2.07. The maximum absolute atomic E-state index is 11.6. The van der Waals surface area contributed by atoms with Crippen molar-refractivity contribution in [2.24, 2.45) is 0 Å². The van der Waals surface area contributed by atoms with E-state index in [9.17, 15) is 14.9 Å². The Morgan fingerprint density at radius 2 is 2.32 bits per heavy atom. The monoisotopic (exact) mass is 263 g/mol. The van der Waals surface area contributed by atoms with E-state index in [1.165, 1.54) is 17.0 Å². The first-order valence-corrected chi connectivity index (χ1v) is 5.87. The summed E-state index contributed by atoms with van der Waals surface area (Å²) in [6.45, 7) is 4.46. The number of nitro groups is 1. The molecule has 0 saturated carbocycles. The molecule has 1 aromatic carbocycles. The summed E-state index contributed by atoms with van der Waals surface area (Å²) in [6, 6.07) is 6.20. The van der Waals surface area contributed by atoms with Gasteiger partial charge in [0, 0.05) is 32.3 Å². The average molecular weight is 263 g/mol. The third-order valence-electron chi connectivity index (χ3n) is 2.56. The minimum Gasteiger partial charge on any atom is -0.338 e. The average Bonchev–Trinajstić information content (AvgIpc) is 2.39. The topological polar surface area (TPSA) is 75.5 Å². The lowest BCUT2D eigenvalue weighted by molar-refractivity contribution is -0.384. The molecule has 0 bridgehead atoms. The Bertz CT molecular complexity index is 474. The van der Waals surface area contributed by atoms with Crippen molar-refractivity contribution < 1.29 is 9.72 Å². The normalized spacial score (nSPS) is 9.74. The van der Waals surface area contributed by atoms with Crippen LogP contribution in [0.15, 0.2) is 36.9 Å². The van der Waals surface area contributed by atoms with Crippen molar-refractivity contribution in [1.82, 2.24) is 10.2 Å². The van der Waals surface area contributed by atoms with E-state index < -0.39 is 4.92 Å². The molecule has 0 saturated heterocycles. The summed E-state index contributed by atoms with van der Waals surface area (Å²) in [6.07, 6.45) is 2.19. The second-order valence-corrected chi connectivity index (χ2v) is 4.08. The number of amides is 2. The quantitative estimate of drug-likeness (QED) is 0.484. The van der Waals surface area contributed by atoms with Gasteiger partial charge in [0.1, 0.15) is 0 Å². The van der Waals surface area contributed by atoms with Gasteiger partial charge in [-0.25, -0.2) is 4.79 Å². The zero-order chi connectivity index (χ0) is 14.3. The molecular weight excluding hydrogens is 246 g/mol. The smallest absolute Gasteiger partial charge is 0.317 e. The maximum Gasteiger partial charge on any atom is 0.317 e. The highest BCUT2D eigenvalue weighted by molar-refractivity contribution is 5.73. The molecule has 0 fully saturated rings. The molecule has 0 radical (unpaired) electrons. The Hall–Kier alpha value is -2.37. The first-order chi connectivity index (χ1) is 9.04. The Kier molecular flexibility index (Phi) is 5.53. The maximum atomic E-state index is 11.6. The molecule has 2 amide bonds. The third kappa shape index (κ3) is 4.79. The van der Waals surface area contributed by atoms with Gasteiger partial charge in [-0.3, -0.25) is 10.1 Å². The van der Waals surface area contributed by atoms with E-state index in [-0.39, 0.29) is 11.7 Å². The second kappa shape index (κ2) is 7.15. The molecule has 0 aliphatic heterocycles. The number of hydrogen-bond donors (Lipinski definition) is 1. The molecule has 0 aliphatic carbocycles. The Morgan fingerprint density at radius 3 is 2.95 bits per heavy atom. The molecule has 0 atom stereocenters. The Balaban J connectivity index is 2.45. The van der Waals surface area contributed by atoms with Crippen LogP contribution in [0.4, 0.5) is 10.5 Å². The summed E-state index contributed by atoms with van der Waals surface area (Å²) < 4.78 is 0. The molecule has 102 valence electrons. The van der Waals surface area contributed by atoms with Gasteiger partial charge in [0.15, 0.2) is 0 Å². The number of carbonyl (C=O) groups is 1. The third-order valence-corrected chi connectivity index (χ3v) is 2.56. The standard InChI is InChI=1S/C13H17N3O3/c1-3-9-15(2)13(17)14-8-7-11-5-4-6-12(10-11)16(18)19/h3-6,10H,1,7-9H2,2H3,(H,14,17). The highest BCUT2D eigenvalue weighted by atomic mass is 16.6. The van der Waals surface area contributed by atoms with Crippen molar-refractivity contribution in [1.29, 1.82) is 0 Å². The molecule has 6 heteroatoms. The van der Waals surface area contributed by atoms with E-state index in [1.54, 1.807) is 25.3 Å². The molecule has 19 heavy (non-hydrogen) atoms. The Morgan fingerprint density at radius 1 is 1.58 bits per heavy atom. The van der Waals surface area contributed by atoms with E-state index in [2.05, 4.69) is 11.9 Å². The van der Waals surface area contributed by atoms with E-state index in [1.807, 2.05) is 0 Å². The summed E-state index contributed by atoms with van der Waals surface area (Å²) in [5.41, 5.74) is 0.883. The second-order valence-electron chi connectivity index (χ2n) is 4.08. The van der Waals surface area contributed by atoms with E-state index >= 15 is 0 Å². The molecule has 0 aromatic heterocycles. The van der Waals surface area contributed by atoms with Crippen molar-refractivity contribution in [2.45, 2.75) is 6.42 Å². The zero-order valence-corrected chi connectivity index (χ0v) is 10.8. The van der Waals surface area contributed by atoms with Gasteiger partial charge in [0.05, 0.1) is 4.92 Å². The van der Waals surface area contributed by atoms with Crippen LogP contribution >= 0.6 is 0 Å². The van der Waals surface area contributed by atoms with Crippen molar-refractivity contribution in [3.8, 4) is 0 Å². The molecule has 1 rings (SSSR count). The van der Waals surface area contributed by atoms with Crippen LogP contribution in [0.5, 0.6) is 0 Å². The van der Waals surface area contributed by atoms with Crippen molar-refractivity contribution in [2.75, 3.05) is 20.1 Å². The van der Waals surface area contributed by atoms with Crippen LogP contribution in [0.25, 0.3) is 0 Å². The fourth-order valence-corrected chi connectivity index (χ4v) is 1.55. The number of non-ortho nitro benzene ring substituents is 1. The molecular formula is C13H17N3O3. The molecule has 6 nitrogen and oxygen atoms in total. The van der Waals surface area contributed by atoms with E-state index in [0.717, 1.165) is 5.56 Å². The minimum absolute atomic E-state index is 0.0626. The first-order valence-electron chi connectivity index (χ1n) is 5.87. The number of likely N-dealkylation sites (N-methyl/N-ethyl adjacent to an activating group) is 1. The van der Waals surface area contributed by atoms with Crippen LogP contribution in [-0.2, 0) is 6.42 Å². The number of benzene rings is 1. The van der Waals surface area contributed by atoms with Crippen LogP contribution in [-0.4, -0.2) is 36.0 Å². The fourth-order valence-electron chi connectivity index (χ4n) is 1.55. The lowest BCUT2D eigenvalue weighted by Gasteiger charge is -2.15. The van der Waals surface area contributed by atoms with Crippen LogP contribution in [0, 0.1) is 10.1 Å². The SMILES string of the molecule is C=CCN(C)C(=O)NCCc1cccc([N+](=O)[O-])c1. The lowest BCUT2D eigenvalue weighted by atomic mass is 10.1. The number of nitrogens with zero attached hydrogens (tertiary/aromatic N) is 2. The summed E-state index contributed by atoms with van der Waals surface area (Å²) in [7, 11) is 1.67. The lowest BCUT2D eigenvalue weighted by Crippen LogP contribution is -2.38. The van der Waals surface area contributed by atoms with Gasteiger partial charge in [-0.15, -0.1) is 6.58 Å². The minimum atomic E-state index is -0.431. The molecule has 0 aliphatic rings. The number of urea groups is 1. The summed E-state index contributed by atoms with van der Waals surface area (Å²) in [5.74, 6) is 0. The predicted molar refractivity (Wildman–Crippen MR) is 73.0 cm³/mol. The van der Waals surface area contributed by atoms with Crippen molar-refractivity contribution >= 4 is 11.7 Å². The van der Waals surface area contributed by atoms with E-state index in [0.29, 0.717) is 19.5 Å². The number of carbonyl (C=O) groups excluding carboxylic acids is 1.